The maximum atomic E-state index is 11.3. The summed E-state index contributed by atoms with van der Waals surface area (Å²) in [5.41, 5.74) is 7.37. The largest absolute Gasteiger partial charge is 1.00 e. The van der Waals surface area contributed by atoms with Crippen molar-refractivity contribution in [3.05, 3.63) is 36.2 Å². The van der Waals surface area contributed by atoms with E-state index in [9.17, 15) is 9.90 Å². The molecule has 0 aliphatic carbocycles. The van der Waals surface area contributed by atoms with E-state index in [1.54, 1.807) is 24.5 Å². The van der Waals surface area contributed by atoms with Gasteiger partial charge in [-0.25, -0.2) is 9.50 Å². The SMILES string of the molecule is CCCOc1ncc(-c2ccn3nc(N)nc3c2)cc1C(=O)[O-].[Li+]. The van der Waals surface area contributed by atoms with E-state index in [0.29, 0.717) is 17.8 Å². The second-order valence-electron chi connectivity index (χ2n) is 4.90. The molecule has 0 aromatic carbocycles. The predicted molar refractivity (Wildman–Crippen MR) is 80.7 cm³/mol. The molecule has 0 bridgehead atoms. The van der Waals surface area contributed by atoms with Gasteiger partial charge in [0.2, 0.25) is 11.8 Å². The number of aromatic nitrogens is 4. The number of nitrogens with zero attached hydrogens (tertiary/aromatic N) is 4. The molecule has 9 heteroatoms. The number of rotatable bonds is 5. The number of carbonyl (C=O) groups is 1. The monoisotopic (exact) mass is 319 g/mol. The number of ether oxygens (including phenoxy) is 1. The molecule has 118 valence electrons. The van der Waals surface area contributed by atoms with Gasteiger partial charge in [-0.3, -0.25) is 0 Å². The molecule has 0 saturated heterocycles. The third kappa shape index (κ3) is 3.50. The van der Waals surface area contributed by atoms with E-state index in [1.807, 2.05) is 6.92 Å². The fourth-order valence-electron chi connectivity index (χ4n) is 2.15. The summed E-state index contributed by atoms with van der Waals surface area (Å²) in [4.78, 5) is 19.5. The third-order valence-electron chi connectivity index (χ3n) is 3.20. The van der Waals surface area contributed by atoms with Gasteiger partial charge in [0.05, 0.1) is 18.1 Å². The summed E-state index contributed by atoms with van der Waals surface area (Å²) in [7, 11) is 0. The minimum absolute atomic E-state index is 0. The molecule has 3 heterocycles. The van der Waals surface area contributed by atoms with Gasteiger partial charge in [0.15, 0.2) is 5.65 Å². The molecule has 3 rings (SSSR count). The van der Waals surface area contributed by atoms with E-state index < -0.39 is 5.97 Å². The van der Waals surface area contributed by atoms with Gasteiger partial charge in [0.25, 0.3) is 0 Å². The van der Waals surface area contributed by atoms with E-state index in [4.69, 9.17) is 10.5 Å². The fourth-order valence-corrected chi connectivity index (χ4v) is 2.15. The summed E-state index contributed by atoms with van der Waals surface area (Å²) in [6.45, 7) is 2.31. The van der Waals surface area contributed by atoms with Crippen LogP contribution < -0.4 is 34.4 Å². The molecule has 0 aliphatic rings. The molecular formula is C15H14LiN5O3. The van der Waals surface area contributed by atoms with Crippen LogP contribution in [0.2, 0.25) is 0 Å². The Balaban J connectivity index is 0.00000208. The van der Waals surface area contributed by atoms with Crippen molar-refractivity contribution >= 4 is 17.6 Å². The molecular weight excluding hydrogens is 305 g/mol. The van der Waals surface area contributed by atoms with Crippen LogP contribution in [0.25, 0.3) is 16.8 Å². The van der Waals surface area contributed by atoms with E-state index in [1.165, 1.54) is 10.6 Å². The number of hydrogen-bond acceptors (Lipinski definition) is 7. The Hall–Kier alpha value is -2.56. The Morgan fingerprint density at radius 1 is 1.38 bits per heavy atom. The van der Waals surface area contributed by atoms with Gasteiger partial charge in [0, 0.05) is 18.0 Å². The molecule has 8 nitrogen and oxygen atoms in total. The smallest absolute Gasteiger partial charge is 0.545 e. The molecule has 0 aliphatic heterocycles. The van der Waals surface area contributed by atoms with Crippen LogP contribution in [-0.4, -0.2) is 32.2 Å². The van der Waals surface area contributed by atoms with Crippen molar-refractivity contribution in [1.82, 2.24) is 19.6 Å². The molecule has 3 aromatic heterocycles. The summed E-state index contributed by atoms with van der Waals surface area (Å²) in [6, 6.07) is 4.98. The average Bonchev–Trinajstić information content (AvgIpc) is 2.91. The average molecular weight is 319 g/mol. The van der Waals surface area contributed by atoms with Crippen molar-refractivity contribution in [2.24, 2.45) is 0 Å². The van der Waals surface area contributed by atoms with Crippen molar-refractivity contribution in [1.29, 1.82) is 0 Å². The molecule has 0 spiro atoms. The van der Waals surface area contributed by atoms with Gasteiger partial charge < -0.3 is 20.4 Å². The summed E-state index contributed by atoms with van der Waals surface area (Å²) in [6.07, 6.45) is 3.98. The van der Waals surface area contributed by atoms with Crippen LogP contribution in [0.4, 0.5) is 5.95 Å². The van der Waals surface area contributed by atoms with Gasteiger partial charge >= 0.3 is 18.9 Å². The first-order chi connectivity index (χ1) is 11.1. The summed E-state index contributed by atoms with van der Waals surface area (Å²) in [5, 5.41) is 15.3. The Morgan fingerprint density at radius 2 is 2.17 bits per heavy atom. The molecule has 0 unspecified atom stereocenters. The van der Waals surface area contributed by atoms with Gasteiger partial charge in [-0.15, -0.1) is 5.10 Å². The van der Waals surface area contributed by atoms with Crippen molar-refractivity contribution < 1.29 is 33.5 Å². The van der Waals surface area contributed by atoms with Crippen molar-refractivity contribution in [2.45, 2.75) is 13.3 Å². The first kappa shape index (κ1) is 17.8. The number of carbonyl (C=O) groups excluding carboxylic acids is 1. The van der Waals surface area contributed by atoms with Gasteiger partial charge in [0.1, 0.15) is 0 Å². The second-order valence-corrected chi connectivity index (χ2v) is 4.90. The molecule has 24 heavy (non-hydrogen) atoms. The number of nitrogens with two attached hydrogens (primary N) is 1. The standard InChI is InChI=1S/C15H15N5O3.Li/c1-2-5-23-13-11(14(21)22)6-10(8-17-13)9-3-4-20-12(7-9)18-15(16)19-20;/h3-4,6-8H,2,5H2,1H3,(H2,16,19)(H,21,22);/q;+1/p-1. The van der Waals surface area contributed by atoms with E-state index >= 15 is 0 Å². The minimum Gasteiger partial charge on any atom is -0.545 e. The van der Waals surface area contributed by atoms with Gasteiger partial charge in [-0.2, -0.15) is 4.98 Å². The molecule has 0 saturated carbocycles. The van der Waals surface area contributed by atoms with Gasteiger partial charge in [-0.05, 0) is 30.2 Å². The number of hydrogen-bond donors (Lipinski definition) is 1. The normalized spacial score (nSPS) is 10.4. The maximum absolute atomic E-state index is 11.3. The third-order valence-corrected chi connectivity index (χ3v) is 3.20. The minimum atomic E-state index is -1.33. The number of anilines is 1. The van der Waals surface area contributed by atoms with Crippen molar-refractivity contribution in [2.75, 3.05) is 12.3 Å². The number of nitrogen functional groups attached to an aromatic ring is 1. The zero-order valence-electron chi connectivity index (χ0n) is 13.4. The van der Waals surface area contributed by atoms with Gasteiger partial charge in [-0.1, -0.05) is 6.92 Å². The topological polar surface area (TPSA) is 118 Å². The van der Waals surface area contributed by atoms with Crippen LogP contribution in [0, 0.1) is 0 Å². The van der Waals surface area contributed by atoms with Crippen molar-refractivity contribution in [3.8, 4) is 17.0 Å². The molecule has 0 radical (unpaired) electrons. The Kier molecular flexibility index (Phi) is 5.44. The predicted octanol–water partition coefficient (Wildman–Crippen LogP) is -2.47. The number of fused-ring (bicyclic) bond motifs is 1. The summed E-state index contributed by atoms with van der Waals surface area (Å²) < 4.78 is 6.87. The van der Waals surface area contributed by atoms with Crippen LogP contribution in [-0.2, 0) is 0 Å². The Labute approximate surface area is 149 Å². The Bertz CT molecular complexity index is 881. The number of pyridine rings is 2. The maximum Gasteiger partial charge on any atom is 1.00 e. The van der Waals surface area contributed by atoms with E-state index in [-0.39, 0.29) is 36.3 Å². The Morgan fingerprint density at radius 3 is 2.88 bits per heavy atom. The summed E-state index contributed by atoms with van der Waals surface area (Å²) >= 11 is 0. The molecule has 0 atom stereocenters. The van der Waals surface area contributed by atoms with E-state index in [2.05, 4.69) is 15.1 Å². The van der Waals surface area contributed by atoms with Crippen LogP contribution in [0.1, 0.15) is 23.7 Å². The zero-order chi connectivity index (χ0) is 16.4. The van der Waals surface area contributed by atoms with Crippen LogP contribution in [0.3, 0.4) is 0 Å². The fraction of sp³-hybridized carbons (Fsp3) is 0.200. The van der Waals surface area contributed by atoms with Crippen molar-refractivity contribution in [3.63, 3.8) is 0 Å². The van der Waals surface area contributed by atoms with Crippen LogP contribution in [0.5, 0.6) is 5.88 Å². The van der Waals surface area contributed by atoms with Crippen LogP contribution >= 0.6 is 0 Å². The number of aromatic carboxylic acids is 1. The zero-order valence-corrected chi connectivity index (χ0v) is 13.4. The molecule has 0 amide bonds. The quantitative estimate of drug-likeness (QED) is 0.518. The first-order valence-electron chi connectivity index (χ1n) is 7.05. The number of carboxylic acid groups (broad SMARTS) is 1. The molecule has 0 fully saturated rings. The first-order valence-corrected chi connectivity index (χ1v) is 7.05. The summed E-state index contributed by atoms with van der Waals surface area (Å²) in [5.74, 6) is -1.11. The number of carboxylic acids is 1. The van der Waals surface area contributed by atoms with Crippen LogP contribution in [0.15, 0.2) is 30.6 Å². The second kappa shape index (κ2) is 7.34. The van der Waals surface area contributed by atoms with E-state index in [0.717, 1.165) is 12.0 Å². The molecule has 2 N–H and O–H groups in total. The molecule has 3 aromatic rings.